The zero-order chi connectivity index (χ0) is 16.4. The molecule has 0 saturated carbocycles. The van der Waals surface area contributed by atoms with Crippen LogP contribution in [-0.2, 0) is 6.42 Å². The highest BCUT2D eigenvalue weighted by Gasteiger charge is 2.33. The number of phenols is 1. The quantitative estimate of drug-likeness (QED) is 0.758. The lowest BCUT2D eigenvalue weighted by atomic mass is 10.0. The molecule has 0 spiro atoms. The largest absolute Gasteiger partial charge is 0.507 e. The third-order valence-corrected chi connectivity index (χ3v) is 5.51. The van der Waals surface area contributed by atoms with Gasteiger partial charge in [-0.15, -0.1) is 0 Å². The number of imidazole rings is 1. The fourth-order valence-corrected chi connectivity index (χ4v) is 4.29. The average Bonchev–Trinajstić information content (AvgIpc) is 3.26. The molecule has 0 fully saturated rings. The summed E-state index contributed by atoms with van der Waals surface area (Å²) in [7, 11) is 0. The third kappa shape index (κ3) is 2.95. The third-order valence-electron chi connectivity index (χ3n) is 4.12. The Morgan fingerprint density at radius 2 is 1.83 bits per heavy atom. The highest BCUT2D eigenvalue weighted by Crippen LogP contribution is 2.44. The van der Waals surface area contributed by atoms with Gasteiger partial charge in [-0.1, -0.05) is 54.2 Å². The van der Waals surface area contributed by atoms with Gasteiger partial charge < -0.3 is 10.1 Å². The van der Waals surface area contributed by atoms with Crippen LogP contribution in [0.25, 0.3) is 0 Å². The summed E-state index contributed by atoms with van der Waals surface area (Å²) in [6.45, 7) is 0. The summed E-state index contributed by atoms with van der Waals surface area (Å²) in [5.74, 6) is 0.276. The maximum Gasteiger partial charge on any atom is 0.125 e. The summed E-state index contributed by atoms with van der Waals surface area (Å²) in [5.41, 5.74) is 3.13. The Morgan fingerprint density at radius 1 is 1.04 bits per heavy atom. The molecule has 4 rings (SSSR count). The van der Waals surface area contributed by atoms with Crippen molar-refractivity contribution < 1.29 is 5.11 Å². The van der Waals surface area contributed by atoms with E-state index in [-0.39, 0.29) is 17.0 Å². The number of H-pyrrole nitrogens is 1. The van der Waals surface area contributed by atoms with Crippen molar-refractivity contribution >= 4 is 16.8 Å². The molecule has 2 heterocycles. The second kappa shape index (κ2) is 6.53. The monoisotopic (exact) mass is 335 g/mol. The van der Waals surface area contributed by atoms with Gasteiger partial charge in [0.2, 0.25) is 0 Å². The Hall–Kier alpha value is -2.53. The van der Waals surface area contributed by atoms with Crippen LogP contribution in [0.5, 0.6) is 5.75 Å². The Bertz CT molecular complexity index is 846. The van der Waals surface area contributed by atoms with Crippen LogP contribution in [0.3, 0.4) is 0 Å². The van der Waals surface area contributed by atoms with E-state index >= 15 is 0 Å². The van der Waals surface area contributed by atoms with E-state index in [1.165, 1.54) is 5.56 Å². The topological polar surface area (TPSA) is 61.3 Å². The molecular weight excluding hydrogens is 318 g/mol. The van der Waals surface area contributed by atoms with E-state index in [2.05, 4.69) is 34.2 Å². The highest BCUT2D eigenvalue weighted by atomic mass is 32.2. The zero-order valence-electron chi connectivity index (χ0n) is 13.0. The van der Waals surface area contributed by atoms with Crippen molar-refractivity contribution in [1.29, 1.82) is 0 Å². The Kier molecular flexibility index (Phi) is 4.09. The van der Waals surface area contributed by atoms with Gasteiger partial charge in [0.15, 0.2) is 0 Å². The van der Waals surface area contributed by atoms with Gasteiger partial charge in [-0.05, 0) is 17.7 Å². The van der Waals surface area contributed by atoms with E-state index in [9.17, 15) is 5.11 Å². The van der Waals surface area contributed by atoms with Crippen LogP contribution in [-0.4, -0.2) is 26.2 Å². The first-order valence-corrected chi connectivity index (χ1v) is 8.74. The number of rotatable bonds is 4. The molecule has 120 valence electrons. The van der Waals surface area contributed by atoms with Crippen molar-refractivity contribution in [1.82, 2.24) is 9.97 Å². The molecule has 0 radical (unpaired) electrons. The van der Waals surface area contributed by atoms with E-state index in [1.807, 2.05) is 30.5 Å². The second-order valence-corrected chi connectivity index (χ2v) is 6.88. The second-order valence-electron chi connectivity index (χ2n) is 5.75. The van der Waals surface area contributed by atoms with Crippen molar-refractivity contribution in [2.24, 2.45) is 4.99 Å². The normalized spacial score (nSPS) is 20.1. The highest BCUT2D eigenvalue weighted by molar-refractivity contribution is 8.15. The molecule has 24 heavy (non-hydrogen) atoms. The van der Waals surface area contributed by atoms with Gasteiger partial charge in [-0.25, -0.2) is 4.98 Å². The van der Waals surface area contributed by atoms with Crippen LogP contribution >= 0.6 is 11.8 Å². The van der Waals surface area contributed by atoms with Crippen LogP contribution in [0.2, 0.25) is 0 Å². The summed E-state index contributed by atoms with van der Waals surface area (Å²) in [4.78, 5) is 12.2. The average molecular weight is 335 g/mol. The SMILES string of the molecule is Oc1ccccc1C1=N[C@H](Cc2cnc[nH]2)[C@@H](c2ccccc2)S1. The molecule has 0 bridgehead atoms. The van der Waals surface area contributed by atoms with Crippen molar-refractivity contribution in [3.8, 4) is 5.75 Å². The lowest BCUT2D eigenvalue weighted by Gasteiger charge is -2.16. The first-order valence-electron chi connectivity index (χ1n) is 7.86. The number of nitrogens with one attached hydrogen (secondary N) is 1. The summed E-state index contributed by atoms with van der Waals surface area (Å²) >= 11 is 1.72. The standard InChI is InChI=1S/C19H17N3OS/c23-17-9-5-4-8-15(17)19-22-16(10-14-11-20-12-21-14)18(24-19)13-6-2-1-3-7-13/h1-9,11-12,16,18,23H,10H2,(H,20,21)/t16-,18-/m1/s1. The van der Waals surface area contributed by atoms with Gasteiger partial charge in [0.05, 0.1) is 17.6 Å². The van der Waals surface area contributed by atoms with Crippen LogP contribution < -0.4 is 0 Å². The lowest BCUT2D eigenvalue weighted by Crippen LogP contribution is -2.13. The van der Waals surface area contributed by atoms with Crippen LogP contribution in [0.1, 0.15) is 22.1 Å². The fraction of sp³-hybridized carbons (Fsp3) is 0.158. The summed E-state index contributed by atoms with van der Waals surface area (Å²) < 4.78 is 0. The molecule has 0 unspecified atom stereocenters. The van der Waals surface area contributed by atoms with E-state index in [0.717, 1.165) is 22.7 Å². The van der Waals surface area contributed by atoms with Crippen molar-refractivity contribution in [3.05, 3.63) is 83.9 Å². The molecule has 2 aromatic carbocycles. The Morgan fingerprint density at radius 3 is 2.58 bits per heavy atom. The van der Waals surface area contributed by atoms with E-state index in [0.29, 0.717) is 0 Å². The molecule has 0 amide bonds. The molecule has 1 aromatic heterocycles. The molecule has 2 N–H and O–H groups in total. The number of aromatic hydroxyl groups is 1. The van der Waals surface area contributed by atoms with Gasteiger partial charge in [-0.3, -0.25) is 4.99 Å². The number of thioether (sulfide) groups is 1. The first kappa shape index (κ1) is 15.0. The van der Waals surface area contributed by atoms with Crippen LogP contribution in [0, 0.1) is 0 Å². The fourth-order valence-electron chi connectivity index (χ4n) is 2.94. The number of benzene rings is 2. The van der Waals surface area contributed by atoms with Gasteiger partial charge in [0.1, 0.15) is 10.8 Å². The van der Waals surface area contributed by atoms with Gasteiger partial charge >= 0.3 is 0 Å². The molecule has 1 aliphatic heterocycles. The number of hydrogen-bond acceptors (Lipinski definition) is 4. The molecule has 2 atom stereocenters. The maximum absolute atomic E-state index is 10.2. The van der Waals surface area contributed by atoms with Crippen molar-refractivity contribution in [2.75, 3.05) is 0 Å². The number of aromatic amines is 1. The molecule has 1 aliphatic rings. The van der Waals surface area contributed by atoms with E-state index in [1.54, 1.807) is 24.2 Å². The molecule has 0 saturated heterocycles. The number of hydrogen-bond donors (Lipinski definition) is 2. The zero-order valence-corrected chi connectivity index (χ0v) is 13.8. The minimum Gasteiger partial charge on any atom is -0.507 e. The maximum atomic E-state index is 10.2. The molecule has 3 aromatic rings. The summed E-state index contributed by atoms with van der Waals surface area (Å²) in [6, 6.07) is 17.9. The van der Waals surface area contributed by atoms with E-state index < -0.39 is 0 Å². The first-order chi connectivity index (χ1) is 11.8. The number of aromatic nitrogens is 2. The van der Waals surface area contributed by atoms with Gasteiger partial charge in [0.25, 0.3) is 0 Å². The van der Waals surface area contributed by atoms with Gasteiger partial charge in [-0.2, -0.15) is 0 Å². The molecular formula is C19H17N3OS. The molecule has 0 aliphatic carbocycles. The van der Waals surface area contributed by atoms with Gasteiger partial charge in [0, 0.05) is 23.9 Å². The number of nitrogens with zero attached hydrogens (tertiary/aromatic N) is 2. The minimum absolute atomic E-state index is 0.104. The number of para-hydroxylation sites is 1. The predicted octanol–water partition coefficient (Wildman–Crippen LogP) is 3.96. The summed E-state index contributed by atoms with van der Waals surface area (Å²) in [6.07, 6.45) is 4.34. The molecule has 4 nitrogen and oxygen atoms in total. The van der Waals surface area contributed by atoms with Crippen LogP contribution in [0.15, 0.2) is 72.1 Å². The smallest absolute Gasteiger partial charge is 0.125 e. The molecule has 5 heteroatoms. The summed E-state index contributed by atoms with van der Waals surface area (Å²) in [5, 5.41) is 11.3. The van der Waals surface area contributed by atoms with E-state index in [4.69, 9.17) is 4.99 Å². The number of aliphatic imine (C=N–C) groups is 1. The predicted molar refractivity (Wildman–Crippen MR) is 97.5 cm³/mol. The number of phenolic OH excluding ortho intramolecular Hbond substituents is 1. The van der Waals surface area contributed by atoms with Crippen LogP contribution in [0.4, 0.5) is 0 Å². The lowest BCUT2D eigenvalue weighted by molar-refractivity contribution is 0.474. The van der Waals surface area contributed by atoms with Crippen molar-refractivity contribution in [3.63, 3.8) is 0 Å². The Labute approximate surface area is 144 Å². The minimum atomic E-state index is 0.104. The Balaban J connectivity index is 1.68. The van der Waals surface area contributed by atoms with Crippen molar-refractivity contribution in [2.45, 2.75) is 17.7 Å².